The molecule has 10 heteroatoms. The first-order chi connectivity index (χ1) is 11.1. The summed E-state index contributed by atoms with van der Waals surface area (Å²) in [4.78, 5) is 12.1. The third kappa shape index (κ3) is 4.95. The van der Waals surface area contributed by atoms with Crippen molar-refractivity contribution in [3.8, 4) is 0 Å². The van der Waals surface area contributed by atoms with Crippen molar-refractivity contribution in [1.29, 1.82) is 0 Å². The minimum atomic E-state index is -3.56. The monoisotopic (exact) mass is 392 g/mol. The highest BCUT2D eigenvalue weighted by Gasteiger charge is 2.28. The fourth-order valence-electron chi connectivity index (χ4n) is 2.23. The van der Waals surface area contributed by atoms with Gasteiger partial charge in [0.05, 0.1) is 22.2 Å². The maximum atomic E-state index is 12.1. The molecule has 7 nitrogen and oxygen atoms in total. The Morgan fingerprint density at radius 2 is 2.08 bits per heavy atom. The molecule has 0 bridgehead atoms. The van der Waals surface area contributed by atoms with E-state index in [0.29, 0.717) is 12.1 Å². The van der Waals surface area contributed by atoms with Gasteiger partial charge in [-0.3, -0.25) is 4.79 Å². The summed E-state index contributed by atoms with van der Waals surface area (Å²) in [5.74, 6) is 0.131. The van der Waals surface area contributed by atoms with Crippen LogP contribution in [0.15, 0.2) is 29.2 Å². The van der Waals surface area contributed by atoms with Crippen molar-refractivity contribution >= 4 is 43.2 Å². The van der Waals surface area contributed by atoms with Crippen LogP contribution in [-0.4, -0.2) is 63.7 Å². The lowest BCUT2D eigenvalue weighted by molar-refractivity contribution is -0.113. The molecule has 1 N–H and O–H groups in total. The minimum absolute atomic E-state index is 0.0544. The lowest BCUT2D eigenvalue weighted by Gasteiger charge is -2.13. The van der Waals surface area contributed by atoms with Crippen molar-refractivity contribution in [2.45, 2.75) is 16.6 Å². The van der Waals surface area contributed by atoms with Crippen LogP contribution in [0, 0.1) is 0 Å². The van der Waals surface area contributed by atoms with Gasteiger partial charge in [0.2, 0.25) is 15.9 Å². The second-order valence-corrected chi connectivity index (χ2v) is 11.4. The highest BCUT2D eigenvalue weighted by Crippen LogP contribution is 2.24. The van der Waals surface area contributed by atoms with Crippen LogP contribution in [0.1, 0.15) is 6.42 Å². The summed E-state index contributed by atoms with van der Waals surface area (Å²) in [6, 6.07) is 6.03. The van der Waals surface area contributed by atoms with Crippen LogP contribution < -0.4 is 5.32 Å². The lowest BCUT2D eigenvalue weighted by atomic mass is 10.3. The fourth-order valence-corrected chi connectivity index (χ4v) is 6.62. The van der Waals surface area contributed by atoms with E-state index >= 15 is 0 Å². The van der Waals surface area contributed by atoms with Crippen molar-refractivity contribution in [2.24, 2.45) is 0 Å². The molecule has 0 aliphatic carbocycles. The summed E-state index contributed by atoms with van der Waals surface area (Å²) in [6.07, 6.45) is 0.566. The first-order valence-electron chi connectivity index (χ1n) is 7.25. The summed E-state index contributed by atoms with van der Waals surface area (Å²) >= 11 is 1.31. The number of nitrogens with one attached hydrogen (secondary N) is 1. The number of carbonyl (C=O) groups is 1. The van der Waals surface area contributed by atoms with E-state index in [1.54, 1.807) is 12.1 Å². The third-order valence-electron chi connectivity index (χ3n) is 3.54. The van der Waals surface area contributed by atoms with Crippen molar-refractivity contribution < 1.29 is 21.6 Å². The zero-order valence-electron chi connectivity index (χ0n) is 13.4. The van der Waals surface area contributed by atoms with Gasteiger partial charge in [0.15, 0.2) is 9.84 Å². The second kappa shape index (κ2) is 7.42. The van der Waals surface area contributed by atoms with Crippen LogP contribution in [0.4, 0.5) is 5.69 Å². The Hall–Kier alpha value is -1.10. The van der Waals surface area contributed by atoms with E-state index in [1.807, 2.05) is 0 Å². The molecule has 1 aliphatic rings. The third-order valence-corrected chi connectivity index (χ3v) is 8.63. The molecule has 134 valence electrons. The molecule has 1 aromatic rings. The van der Waals surface area contributed by atoms with E-state index in [4.69, 9.17) is 0 Å². The van der Waals surface area contributed by atoms with E-state index < -0.39 is 19.9 Å². The number of hydrogen-bond acceptors (Lipinski definition) is 6. The topological polar surface area (TPSA) is 101 Å². The molecule has 2 rings (SSSR count). The molecular formula is C14H20N2O5S3. The van der Waals surface area contributed by atoms with Gasteiger partial charge < -0.3 is 5.32 Å². The molecule has 1 atom stereocenters. The van der Waals surface area contributed by atoms with E-state index in [2.05, 4.69) is 5.32 Å². The molecule has 0 aromatic heterocycles. The Morgan fingerprint density at radius 1 is 1.38 bits per heavy atom. The number of sulfone groups is 1. The van der Waals surface area contributed by atoms with Gasteiger partial charge in [-0.05, 0) is 24.6 Å². The first kappa shape index (κ1) is 19.2. The van der Waals surface area contributed by atoms with Crippen LogP contribution in [0.3, 0.4) is 0 Å². The van der Waals surface area contributed by atoms with E-state index in [-0.39, 0.29) is 33.3 Å². The maximum absolute atomic E-state index is 12.1. The summed E-state index contributed by atoms with van der Waals surface area (Å²) in [5, 5.41) is 2.59. The molecule has 1 saturated heterocycles. The van der Waals surface area contributed by atoms with Gasteiger partial charge in [-0.1, -0.05) is 6.07 Å². The molecule has 1 aliphatic heterocycles. The van der Waals surface area contributed by atoms with Gasteiger partial charge in [-0.2, -0.15) is 0 Å². The van der Waals surface area contributed by atoms with Crippen molar-refractivity contribution in [2.75, 3.05) is 36.7 Å². The van der Waals surface area contributed by atoms with Gasteiger partial charge in [-0.25, -0.2) is 21.1 Å². The second-order valence-electron chi connectivity index (χ2n) is 5.70. The quantitative estimate of drug-likeness (QED) is 0.768. The van der Waals surface area contributed by atoms with Gasteiger partial charge in [0, 0.05) is 25.0 Å². The van der Waals surface area contributed by atoms with Gasteiger partial charge in [-0.15, -0.1) is 11.8 Å². The number of thioether (sulfide) groups is 1. The predicted octanol–water partition coefficient (Wildman–Crippen LogP) is 0.796. The molecule has 1 amide bonds. The van der Waals surface area contributed by atoms with Crippen LogP contribution in [0.5, 0.6) is 0 Å². The lowest BCUT2D eigenvalue weighted by Crippen LogP contribution is -2.22. The molecule has 0 saturated carbocycles. The molecule has 0 spiro atoms. The number of benzene rings is 1. The summed E-state index contributed by atoms with van der Waals surface area (Å²) in [7, 11) is -3.64. The Kier molecular flexibility index (Phi) is 5.95. The van der Waals surface area contributed by atoms with E-state index in [9.17, 15) is 21.6 Å². The molecule has 0 radical (unpaired) electrons. The Labute approximate surface area is 146 Å². The van der Waals surface area contributed by atoms with Crippen LogP contribution in [0.2, 0.25) is 0 Å². The number of hydrogen-bond donors (Lipinski definition) is 1. The summed E-state index contributed by atoms with van der Waals surface area (Å²) in [5.41, 5.74) is 0.391. The standard InChI is InChI=1S/C14H20N2O5S3/c1-16(2)24(20,21)13-5-3-4-11(8-13)15-14(17)9-22-12-6-7-23(18,19)10-12/h3-5,8,12H,6-7,9-10H2,1-2H3,(H,15,17)/t12-/m1/s1. The molecule has 1 fully saturated rings. The number of amides is 1. The maximum Gasteiger partial charge on any atom is 0.242 e. The smallest absolute Gasteiger partial charge is 0.242 e. The Bertz CT molecular complexity index is 819. The Balaban J connectivity index is 1.95. The van der Waals surface area contributed by atoms with E-state index in [0.717, 1.165) is 4.31 Å². The Morgan fingerprint density at radius 3 is 2.67 bits per heavy atom. The molecule has 24 heavy (non-hydrogen) atoms. The summed E-state index contributed by atoms with van der Waals surface area (Å²) in [6.45, 7) is 0. The number of carbonyl (C=O) groups excluding carboxylic acids is 1. The molecular weight excluding hydrogens is 372 g/mol. The predicted molar refractivity (Wildman–Crippen MR) is 95.5 cm³/mol. The zero-order valence-corrected chi connectivity index (χ0v) is 15.9. The highest BCUT2D eigenvalue weighted by atomic mass is 32.2. The van der Waals surface area contributed by atoms with Gasteiger partial charge in [0.1, 0.15) is 0 Å². The van der Waals surface area contributed by atoms with Crippen molar-refractivity contribution in [3.63, 3.8) is 0 Å². The van der Waals surface area contributed by atoms with E-state index in [1.165, 1.54) is 38.0 Å². The summed E-state index contributed by atoms with van der Waals surface area (Å²) < 4.78 is 48.0. The first-order valence-corrected chi connectivity index (χ1v) is 11.6. The van der Waals surface area contributed by atoms with Crippen LogP contribution in [-0.2, 0) is 24.7 Å². The zero-order chi connectivity index (χ0) is 18.0. The number of rotatable bonds is 6. The molecule has 0 unspecified atom stereocenters. The van der Waals surface area contributed by atoms with Crippen molar-refractivity contribution in [1.82, 2.24) is 4.31 Å². The number of anilines is 1. The average molecular weight is 393 g/mol. The fraction of sp³-hybridized carbons (Fsp3) is 0.500. The molecule has 1 heterocycles. The highest BCUT2D eigenvalue weighted by molar-refractivity contribution is 8.02. The molecule has 1 aromatic carbocycles. The normalized spacial score (nSPS) is 20.2. The van der Waals surface area contributed by atoms with Gasteiger partial charge >= 0.3 is 0 Å². The van der Waals surface area contributed by atoms with Crippen molar-refractivity contribution in [3.05, 3.63) is 24.3 Å². The van der Waals surface area contributed by atoms with Gasteiger partial charge in [0.25, 0.3) is 0 Å². The van der Waals surface area contributed by atoms with Crippen LogP contribution >= 0.6 is 11.8 Å². The average Bonchev–Trinajstić information content (AvgIpc) is 2.84. The SMILES string of the molecule is CN(C)S(=O)(=O)c1cccc(NC(=O)CS[C@@H]2CCS(=O)(=O)C2)c1. The largest absolute Gasteiger partial charge is 0.325 e. The minimum Gasteiger partial charge on any atom is -0.325 e. The number of nitrogens with zero attached hydrogens (tertiary/aromatic N) is 1. The number of sulfonamides is 1. The van der Waals surface area contributed by atoms with Crippen LogP contribution in [0.25, 0.3) is 0 Å².